The number of carbonyl (C=O) groups is 3. The van der Waals surface area contributed by atoms with Gasteiger partial charge < -0.3 is 19.5 Å². The van der Waals surface area contributed by atoms with Crippen molar-refractivity contribution in [3.05, 3.63) is 29.8 Å². The van der Waals surface area contributed by atoms with Gasteiger partial charge in [0.25, 0.3) is 5.91 Å². The third-order valence-corrected chi connectivity index (χ3v) is 3.00. The maximum atomic E-state index is 11.7. The van der Waals surface area contributed by atoms with Crippen LogP contribution < -0.4 is 20.1 Å². The first-order chi connectivity index (χ1) is 12.6. The first-order valence-corrected chi connectivity index (χ1v) is 8.35. The van der Waals surface area contributed by atoms with Crippen LogP contribution in [0.4, 0.5) is 4.79 Å². The molecule has 148 valence electrons. The number of allylic oxidation sites excluding steroid dienone is 1. The fourth-order valence-electron chi connectivity index (χ4n) is 1.96. The second kappa shape index (κ2) is 10.2. The topological polar surface area (TPSA) is 103 Å². The molecule has 0 aliphatic rings. The first-order valence-electron chi connectivity index (χ1n) is 8.35. The number of amides is 3. The van der Waals surface area contributed by atoms with Gasteiger partial charge in [-0.1, -0.05) is 18.2 Å². The summed E-state index contributed by atoms with van der Waals surface area (Å²) >= 11 is 0. The highest BCUT2D eigenvalue weighted by Gasteiger charge is 2.17. The van der Waals surface area contributed by atoms with Crippen molar-refractivity contribution in [2.45, 2.75) is 33.2 Å². The Labute approximate surface area is 158 Å². The van der Waals surface area contributed by atoms with Crippen molar-refractivity contribution >= 4 is 24.0 Å². The molecule has 0 aliphatic carbocycles. The minimum Gasteiger partial charge on any atom is -0.493 e. The van der Waals surface area contributed by atoms with Crippen LogP contribution in [0.3, 0.4) is 0 Å². The minimum atomic E-state index is -0.749. The highest BCUT2D eigenvalue weighted by atomic mass is 16.6. The minimum absolute atomic E-state index is 0.372. The molecule has 0 radical (unpaired) electrons. The second-order valence-corrected chi connectivity index (χ2v) is 6.61. The smallest absolute Gasteiger partial charge is 0.344 e. The van der Waals surface area contributed by atoms with Gasteiger partial charge in [-0.15, -0.1) is 0 Å². The van der Waals surface area contributed by atoms with Crippen LogP contribution in [0.25, 0.3) is 6.08 Å². The van der Waals surface area contributed by atoms with E-state index in [1.807, 2.05) is 25.1 Å². The van der Waals surface area contributed by atoms with Crippen LogP contribution >= 0.6 is 0 Å². The van der Waals surface area contributed by atoms with Crippen LogP contribution in [0.5, 0.6) is 11.5 Å². The first kappa shape index (κ1) is 22.0. The predicted octanol–water partition coefficient (Wildman–Crippen LogP) is 2.27. The maximum Gasteiger partial charge on any atom is 0.344 e. The molecule has 0 atom stereocenters. The van der Waals surface area contributed by atoms with E-state index in [-0.39, 0.29) is 0 Å². The Hall–Kier alpha value is -3.03. The highest BCUT2D eigenvalue weighted by molar-refractivity contribution is 5.95. The third-order valence-electron chi connectivity index (χ3n) is 3.00. The molecule has 0 aromatic heterocycles. The number of ether oxygens (including phenoxy) is 3. The van der Waals surface area contributed by atoms with Gasteiger partial charge in [0.05, 0.1) is 7.11 Å². The van der Waals surface area contributed by atoms with Gasteiger partial charge in [-0.05, 0) is 45.4 Å². The Kier molecular flexibility index (Phi) is 8.32. The Balaban J connectivity index is 2.45. The number of imide groups is 1. The van der Waals surface area contributed by atoms with Gasteiger partial charge in [0, 0.05) is 5.54 Å². The van der Waals surface area contributed by atoms with E-state index in [0.717, 1.165) is 5.56 Å². The van der Waals surface area contributed by atoms with Gasteiger partial charge in [-0.3, -0.25) is 10.1 Å². The second-order valence-electron chi connectivity index (χ2n) is 6.61. The van der Waals surface area contributed by atoms with Gasteiger partial charge in [0.2, 0.25) is 0 Å². The van der Waals surface area contributed by atoms with Crippen LogP contribution in [-0.4, -0.2) is 43.8 Å². The van der Waals surface area contributed by atoms with Crippen LogP contribution in [0.2, 0.25) is 0 Å². The molecule has 1 rings (SSSR count). The molecule has 3 amide bonds. The normalized spacial score (nSPS) is 11.0. The van der Waals surface area contributed by atoms with E-state index in [9.17, 15) is 14.4 Å². The van der Waals surface area contributed by atoms with E-state index in [1.54, 1.807) is 32.9 Å². The fraction of sp³-hybridized carbons (Fsp3) is 0.421. The molecule has 0 spiro atoms. The number of rotatable bonds is 7. The van der Waals surface area contributed by atoms with Crippen molar-refractivity contribution < 1.29 is 28.6 Å². The summed E-state index contributed by atoms with van der Waals surface area (Å²) in [7, 11) is 1.49. The number of nitrogens with one attached hydrogen (secondary N) is 2. The molecule has 0 saturated heterocycles. The quantitative estimate of drug-likeness (QED) is 0.706. The average Bonchev–Trinajstić information content (AvgIpc) is 2.57. The zero-order chi connectivity index (χ0) is 20.4. The van der Waals surface area contributed by atoms with Crippen molar-refractivity contribution in [1.82, 2.24) is 10.6 Å². The Morgan fingerprint density at radius 3 is 2.41 bits per heavy atom. The largest absolute Gasteiger partial charge is 0.493 e. The molecule has 27 heavy (non-hydrogen) atoms. The molecular formula is C19H26N2O6. The van der Waals surface area contributed by atoms with E-state index in [0.29, 0.717) is 11.5 Å². The number of esters is 1. The SMILES string of the molecule is C/C=C/c1ccc(OCC(=O)OCC(=O)NC(=O)NC(C)(C)C)c(OC)c1. The lowest BCUT2D eigenvalue weighted by atomic mass is 10.1. The lowest BCUT2D eigenvalue weighted by Gasteiger charge is -2.20. The van der Waals surface area contributed by atoms with Gasteiger partial charge >= 0.3 is 12.0 Å². The highest BCUT2D eigenvalue weighted by Crippen LogP contribution is 2.28. The summed E-state index contributed by atoms with van der Waals surface area (Å²) in [6, 6.07) is 4.59. The molecular weight excluding hydrogens is 352 g/mol. The molecule has 2 N–H and O–H groups in total. The number of hydrogen-bond acceptors (Lipinski definition) is 6. The molecule has 0 heterocycles. The van der Waals surface area contributed by atoms with Crippen molar-refractivity contribution in [2.24, 2.45) is 0 Å². The zero-order valence-electron chi connectivity index (χ0n) is 16.3. The van der Waals surface area contributed by atoms with Gasteiger partial charge in [0.1, 0.15) is 0 Å². The average molecular weight is 378 g/mol. The summed E-state index contributed by atoms with van der Waals surface area (Å²) in [5.74, 6) is -0.647. The number of methoxy groups -OCH3 is 1. The molecule has 8 nitrogen and oxygen atoms in total. The van der Waals surface area contributed by atoms with E-state index in [1.165, 1.54) is 7.11 Å². The summed E-state index contributed by atoms with van der Waals surface area (Å²) in [5, 5.41) is 4.62. The van der Waals surface area contributed by atoms with Crippen molar-refractivity contribution in [1.29, 1.82) is 0 Å². The van der Waals surface area contributed by atoms with Crippen molar-refractivity contribution in [3.63, 3.8) is 0 Å². The lowest BCUT2D eigenvalue weighted by Crippen LogP contribution is -2.49. The lowest BCUT2D eigenvalue weighted by molar-refractivity contribution is -0.150. The molecule has 0 aliphatic heterocycles. The van der Waals surface area contributed by atoms with Crippen LogP contribution in [0.15, 0.2) is 24.3 Å². The van der Waals surface area contributed by atoms with Crippen LogP contribution in [0.1, 0.15) is 33.3 Å². The van der Waals surface area contributed by atoms with Crippen LogP contribution in [0, 0.1) is 0 Å². The maximum absolute atomic E-state index is 11.7. The van der Waals surface area contributed by atoms with E-state index >= 15 is 0 Å². The molecule has 0 unspecified atom stereocenters. The van der Waals surface area contributed by atoms with Gasteiger partial charge in [-0.25, -0.2) is 9.59 Å². The summed E-state index contributed by atoms with van der Waals surface area (Å²) in [4.78, 5) is 34.9. The van der Waals surface area contributed by atoms with Crippen molar-refractivity contribution in [3.8, 4) is 11.5 Å². The summed E-state index contributed by atoms with van der Waals surface area (Å²) in [6.45, 7) is 6.23. The van der Waals surface area contributed by atoms with E-state index in [2.05, 4.69) is 10.6 Å². The number of benzene rings is 1. The van der Waals surface area contributed by atoms with E-state index < -0.39 is 36.7 Å². The number of hydrogen-bond donors (Lipinski definition) is 2. The third kappa shape index (κ3) is 8.75. The Morgan fingerprint density at radius 2 is 1.81 bits per heavy atom. The molecule has 0 bridgehead atoms. The zero-order valence-corrected chi connectivity index (χ0v) is 16.3. The van der Waals surface area contributed by atoms with Crippen LogP contribution in [-0.2, 0) is 14.3 Å². The summed E-state index contributed by atoms with van der Waals surface area (Å²) in [5.41, 5.74) is 0.436. The monoisotopic (exact) mass is 378 g/mol. The van der Waals surface area contributed by atoms with Gasteiger partial charge in [0.15, 0.2) is 24.7 Å². The standard InChI is InChI=1S/C19H26N2O6/c1-6-7-13-8-9-14(15(10-13)25-5)26-12-17(23)27-11-16(22)20-18(24)21-19(2,3)4/h6-10H,11-12H2,1-5H3,(H2,20,21,22,24)/b7-6+. The predicted molar refractivity (Wildman–Crippen MR) is 101 cm³/mol. The fourth-order valence-corrected chi connectivity index (χ4v) is 1.96. The Bertz CT molecular complexity index is 707. The molecule has 0 fully saturated rings. The summed E-state index contributed by atoms with van der Waals surface area (Å²) < 4.78 is 15.4. The van der Waals surface area contributed by atoms with E-state index in [4.69, 9.17) is 14.2 Å². The molecule has 0 saturated carbocycles. The number of urea groups is 1. The number of carbonyl (C=O) groups excluding carboxylic acids is 3. The molecule has 8 heteroatoms. The van der Waals surface area contributed by atoms with Gasteiger partial charge in [-0.2, -0.15) is 0 Å². The Morgan fingerprint density at radius 1 is 1.11 bits per heavy atom. The molecule has 1 aromatic carbocycles. The molecule has 1 aromatic rings. The summed E-state index contributed by atoms with van der Waals surface area (Å²) in [6.07, 6.45) is 3.79. The van der Waals surface area contributed by atoms with Crippen molar-refractivity contribution in [2.75, 3.05) is 20.3 Å².